The molecule has 0 radical (unpaired) electrons. The van der Waals surface area contributed by atoms with Crippen LogP contribution in [0.2, 0.25) is 0 Å². The maximum absolute atomic E-state index is 12.0. The van der Waals surface area contributed by atoms with Crippen molar-refractivity contribution in [2.75, 3.05) is 6.61 Å². The molecular formula is C25H44O2S. The minimum Gasteiger partial charge on any atom is -0.287 e. The normalized spacial score (nSPS) is 12.4. The van der Waals surface area contributed by atoms with Crippen molar-refractivity contribution in [3.63, 3.8) is 0 Å². The van der Waals surface area contributed by atoms with E-state index >= 15 is 0 Å². The summed E-state index contributed by atoms with van der Waals surface area (Å²) in [5.41, 5.74) is 1.18. The molecule has 2 nitrogen and oxygen atoms in total. The van der Waals surface area contributed by atoms with Gasteiger partial charge >= 0.3 is 0 Å². The lowest BCUT2D eigenvalue weighted by Gasteiger charge is -2.05. The van der Waals surface area contributed by atoms with Crippen molar-refractivity contribution in [1.82, 2.24) is 0 Å². The van der Waals surface area contributed by atoms with Gasteiger partial charge in [0.05, 0.1) is 11.5 Å². The van der Waals surface area contributed by atoms with Crippen LogP contribution in [0.1, 0.15) is 115 Å². The van der Waals surface area contributed by atoms with Gasteiger partial charge in [0, 0.05) is 0 Å². The van der Waals surface area contributed by atoms with Gasteiger partial charge in [-0.1, -0.05) is 121 Å². The Labute approximate surface area is 177 Å². The quantitative estimate of drug-likeness (QED) is 0.215. The van der Waals surface area contributed by atoms with Gasteiger partial charge in [-0.25, -0.2) is 4.21 Å². The first kappa shape index (κ1) is 25.4. The highest BCUT2D eigenvalue weighted by atomic mass is 32.2. The molecule has 0 fully saturated rings. The van der Waals surface area contributed by atoms with Crippen molar-refractivity contribution in [3.05, 3.63) is 29.8 Å². The van der Waals surface area contributed by atoms with E-state index in [4.69, 9.17) is 4.18 Å². The lowest BCUT2D eigenvalue weighted by atomic mass is 10.0. The van der Waals surface area contributed by atoms with Gasteiger partial charge < -0.3 is 0 Å². The van der Waals surface area contributed by atoms with Gasteiger partial charge in [-0.05, 0) is 25.5 Å². The minimum absolute atomic E-state index is 0.596. The molecule has 1 aromatic rings. The van der Waals surface area contributed by atoms with Crippen molar-refractivity contribution >= 4 is 11.1 Å². The lowest BCUT2D eigenvalue weighted by Crippen LogP contribution is -2.00. The van der Waals surface area contributed by atoms with E-state index in [1.165, 1.54) is 102 Å². The van der Waals surface area contributed by atoms with Crippen LogP contribution in [-0.4, -0.2) is 10.8 Å². The molecule has 0 unspecified atom stereocenters. The third-order valence-corrected chi connectivity index (χ3v) is 6.44. The first-order valence-corrected chi connectivity index (χ1v) is 12.9. The molecule has 0 aliphatic rings. The SMILES string of the molecule is CCCCCCCCCCCCCCCCCCO[S@](=O)c1ccc(C)cc1. The number of rotatable bonds is 19. The van der Waals surface area contributed by atoms with Crippen molar-refractivity contribution in [2.45, 2.75) is 121 Å². The molecule has 0 spiro atoms. The number of aryl methyl sites for hydroxylation is 1. The van der Waals surface area contributed by atoms with Gasteiger partial charge in [-0.3, -0.25) is 4.18 Å². The van der Waals surface area contributed by atoms with E-state index in [2.05, 4.69) is 6.92 Å². The van der Waals surface area contributed by atoms with Crippen LogP contribution in [0.5, 0.6) is 0 Å². The Bertz CT molecular complexity index is 484. The molecule has 0 saturated heterocycles. The molecule has 0 amide bonds. The van der Waals surface area contributed by atoms with Crippen LogP contribution in [0.4, 0.5) is 0 Å². The molecule has 0 aliphatic carbocycles. The monoisotopic (exact) mass is 408 g/mol. The smallest absolute Gasteiger partial charge is 0.189 e. The maximum atomic E-state index is 12.0. The fraction of sp³-hybridized carbons (Fsp3) is 0.760. The average Bonchev–Trinajstić information content (AvgIpc) is 2.70. The Morgan fingerprint density at radius 1 is 0.643 bits per heavy atom. The average molecular weight is 409 g/mol. The van der Waals surface area contributed by atoms with E-state index < -0.39 is 11.1 Å². The molecule has 0 aliphatic heterocycles. The largest absolute Gasteiger partial charge is 0.287 e. The highest BCUT2D eigenvalue weighted by Crippen LogP contribution is 2.14. The van der Waals surface area contributed by atoms with Crippen molar-refractivity contribution in [3.8, 4) is 0 Å². The Balaban J connectivity index is 1.78. The second kappa shape index (κ2) is 18.4. The second-order valence-electron chi connectivity index (χ2n) is 8.17. The summed E-state index contributed by atoms with van der Waals surface area (Å²) in [6.45, 7) is 4.91. The molecule has 0 N–H and O–H groups in total. The zero-order valence-corrected chi connectivity index (χ0v) is 19.4. The molecule has 1 atom stereocenters. The van der Waals surface area contributed by atoms with Gasteiger partial charge in [-0.15, -0.1) is 0 Å². The number of benzene rings is 1. The zero-order chi connectivity index (χ0) is 20.3. The van der Waals surface area contributed by atoms with Gasteiger partial charge in [0.25, 0.3) is 0 Å². The fourth-order valence-electron chi connectivity index (χ4n) is 3.50. The van der Waals surface area contributed by atoms with Crippen LogP contribution < -0.4 is 0 Å². The predicted octanol–water partition coefficient (Wildman–Crippen LogP) is 8.30. The van der Waals surface area contributed by atoms with Crippen molar-refractivity contribution in [2.24, 2.45) is 0 Å². The maximum Gasteiger partial charge on any atom is 0.189 e. The first-order chi connectivity index (χ1) is 13.7. The number of unbranched alkanes of at least 4 members (excludes halogenated alkanes) is 15. The molecule has 1 rings (SSSR count). The van der Waals surface area contributed by atoms with Crippen LogP contribution in [0.15, 0.2) is 29.2 Å². The summed E-state index contributed by atoms with van der Waals surface area (Å²) in [6.07, 6.45) is 21.8. The standard InChI is InChI=1S/C25H44O2S/c1-3-4-5-6-7-8-9-10-11-12-13-14-15-16-17-18-23-27-28(26)25-21-19-24(2)20-22-25/h19-22H,3-18,23H2,1-2H3/t28-/m0/s1. The van der Waals surface area contributed by atoms with Gasteiger partial charge in [0.2, 0.25) is 0 Å². The highest BCUT2D eigenvalue weighted by molar-refractivity contribution is 7.80. The lowest BCUT2D eigenvalue weighted by molar-refractivity contribution is 0.332. The first-order valence-electron chi connectivity index (χ1n) is 11.9. The zero-order valence-electron chi connectivity index (χ0n) is 18.6. The predicted molar refractivity (Wildman–Crippen MR) is 123 cm³/mol. The van der Waals surface area contributed by atoms with Crippen LogP contribution in [0, 0.1) is 6.92 Å². The summed E-state index contributed by atoms with van der Waals surface area (Å²) < 4.78 is 17.5. The molecule has 0 heterocycles. The van der Waals surface area contributed by atoms with Gasteiger partial charge in [-0.2, -0.15) is 0 Å². The van der Waals surface area contributed by atoms with Crippen LogP contribution in [0.3, 0.4) is 0 Å². The summed E-state index contributed by atoms with van der Waals surface area (Å²) >= 11 is -1.31. The highest BCUT2D eigenvalue weighted by Gasteiger charge is 2.03. The molecule has 3 heteroatoms. The third kappa shape index (κ3) is 14.3. The van der Waals surface area contributed by atoms with Gasteiger partial charge in [0.1, 0.15) is 0 Å². The summed E-state index contributed by atoms with van der Waals surface area (Å²) in [7, 11) is 0. The summed E-state index contributed by atoms with van der Waals surface area (Å²) in [6, 6.07) is 7.73. The Morgan fingerprint density at radius 3 is 1.46 bits per heavy atom. The summed E-state index contributed by atoms with van der Waals surface area (Å²) in [4.78, 5) is 0.766. The van der Waals surface area contributed by atoms with E-state index in [0.29, 0.717) is 6.61 Å². The molecule has 0 aromatic heterocycles. The van der Waals surface area contributed by atoms with Crippen LogP contribution in [-0.2, 0) is 15.3 Å². The fourth-order valence-corrected chi connectivity index (χ4v) is 4.27. The van der Waals surface area contributed by atoms with E-state index in [0.717, 1.165) is 11.3 Å². The molecule has 0 bridgehead atoms. The Hall–Kier alpha value is -0.670. The Kier molecular flexibility index (Phi) is 16.6. The Morgan fingerprint density at radius 2 is 1.04 bits per heavy atom. The van der Waals surface area contributed by atoms with Crippen molar-refractivity contribution < 1.29 is 8.39 Å². The molecular weight excluding hydrogens is 364 g/mol. The van der Waals surface area contributed by atoms with Gasteiger partial charge in [0.15, 0.2) is 11.1 Å². The summed E-state index contributed by atoms with van der Waals surface area (Å²) in [5.74, 6) is 0. The minimum atomic E-state index is -1.31. The third-order valence-electron chi connectivity index (χ3n) is 5.40. The number of hydrogen-bond donors (Lipinski definition) is 0. The molecule has 162 valence electrons. The molecule has 0 saturated carbocycles. The van der Waals surface area contributed by atoms with Crippen LogP contribution in [0.25, 0.3) is 0 Å². The van der Waals surface area contributed by atoms with E-state index in [9.17, 15) is 4.21 Å². The number of hydrogen-bond acceptors (Lipinski definition) is 2. The molecule has 1 aromatic carbocycles. The topological polar surface area (TPSA) is 26.3 Å². The summed E-state index contributed by atoms with van der Waals surface area (Å²) in [5, 5.41) is 0. The van der Waals surface area contributed by atoms with Crippen molar-refractivity contribution in [1.29, 1.82) is 0 Å². The van der Waals surface area contributed by atoms with E-state index in [1.54, 1.807) is 0 Å². The second-order valence-corrected chi connectivity index (χ2v) is 9.35. The van der Waals surface area contributed by atoms with E-state index in [1.807, 2.05) is 31.2 Å². The van der Waals surface area contributed by atoms with E-state index in [-0.39, 0.29) is 0 Å². The molecule has 28 heavy (non-hydrogen) atoms. The van der Waals surface area contributed by atoms with Crippen LogP contribution >= 0.6 is 0 Å².